The molecule has 212 valence electrons. The lowest BCUT2D eigenvalue weighted by molar-refractivity contribution is -0.177. The van der Waals surface area contributed by atoms with Crippen LogP contribution in [-0.2, 0) is 15.9 Å². The van der Waals surface area contributed by atoms with E-state index >= 15 is 0 Å². The molecule has 0 aromatic heterocycles. The molecule has 4 heteroatoms. The summed E-state index contributed by atoms with van der Waals surface area (Å²) in [6.07, 6.45) is 8.12. The van der Waals surface area contributed by atoms with Gasteiger partial charge in [-0.05, 0) is 96.4 Å². The first-order valence-corrected chi connectivity index (χ1v) is 15.3. The molecule has 2 fully saturated rings. The van der Waals surface area contributed by atoms with Gasteiger partial charge in [0.2, 0.25) is 0 Å². The number of ether oxygens (including phenoxy) is 3. The number of unbranched alkanes of at least 4 members (excludes halogenated alkanes) is 1. The predicted octanol–water partition coefficient (Wildman–Crippen LogP) is 7.95. The Kier molecular flexibility index (Phi) is 8.18. The summed E-state index contributed by atoms with van der Waals surface area (Å²) in [5, 5.41) is 0. The minimum Gasteiger partial charge on any atom is -0.494 e. The monoisotopic (exact) mass is 539 g/mol. The molecule has 3 aromatic rings. The fraction of sp³-hybridized carbons (Fsp3) is 0.500. The van der Waals surface area contributed by atoms with Crippen LogP contribution in [0.3, 0.4) is 0 Å². The van der Waals surface area contributed by atoms with Crippen molar-refractivity contribution >= 4 is 5.69 Å². The topological polar surface area (TPSA) is 30.9 Å². The summed E-state index contributed by atoms with van der Waals surface area (Å²) in [7, 11) is 3.52. The zero-order valence-corrected chi connectivity index (χ0v) is 24.5. The zero-order valence-electron chi connectivity index (χ0n) is 24.5. The molecule has 3 aliphatic rings. The van der Waals surface area contributed by atoms with Crippen molar-refractivity contribution in [1.29, 1.82) is 0 Å². The Balaban J connectivity index is 1.22. The van der Waals surface area contributed by atoms with E-state index in [1.54, 1.807) is 14.2 Å². The van der Waals surface area contributed by atoms with Crippen molar-refractivity contribution in [2.24, 2.45) is 11.3 Å². The van der Waals surface area contributed by atoms with Gasteiger partial charge in [-0.3, -0.25) is 0 Å². The molecule has 0 amide bonds. The van der Waals surface area contributed by atoms with Crippen molar-refractivity contribution in [3.05, 3.63) is 95.1 Å². The van der Waals surface area contributed by atoms with E-state index in [1.807, 2.05) is 0 Å². The van der Waals surface area contributed by atoms with Crippen LogP contribution in [0.2, 0.25) is 0 Å². The van der Waals surface area contributed by atoms with Crippen LogP contribution >= 0.6 is 0 Å². The van der Waals surface area contributed by atoms with Crippen LogP contribution in [0.25, 0.3) is 0 Å². The standard InChI is InChI=1S/C36H45NO3/c1-4-5-21-40-31-16-18-33-28(22-31)13-17-32(26-9-7-6-8-10-26)34(33)27-11-14-30(15-12-27)37-20-19-36(25-37)23-29(24-36)35(38-2)39-3/h6-12,14-16,18,22,29,32,34-35H,4-5,13,17,19-21,23-25H2,1-3H3. The van der Waals surface area contributed by atoms with Crippen LogP contribution in [0.4, 0.5) is 5.69 Å². The average molecular weight is 540 g/mol. The molecule has 6 rings (SSSR count). The Morgan fingerprint density at radius 2 is 1.70 bits per heavy atom. The molecule has 0 radical (unpaired) electrons. The quantitative estimate of drug-likeness (QED) is 0.193. The highest BCUT2D eigenvalue weighted by Gasteiger charge is 2.51. The lowest BCUT2D eigenvalue weighted by atomic mass is 9.61. The molecule has 0 bridgehead atoms. The van der Waals surface area contributed by atoms with Crippen LogP contribution in [-0.4, -0.2) is 40.2 Å². The van der Waals surface area contributed by atoms with E-state index < -0.39 is 0 Å². The smallest absolute Gasteiger partial charge is 0.159 e. The van der Waals surface area contributed by atoms with Crippen molar-refractivity contribution in [3.63, 3.8) is 0 Å². The SMILES string of the molecule is CCCCOc1ccc2c(c1)CCC(c1ccccc1)C2c1ccc(N2CCC3(CC(C(OC)OC)C3)C2)cc1. The van der Waals surface area contributed by atoms with Gasteiger partial charge in [0, 0.05) is 44.8 Å². The number of fused-ring (bicyclic) bond motifs is 1. The highest BCUT2D eigenvalue weighted by Crippen LogP contribution is 2.54. The molecule has 0 N–H and O–H groups in total. The lowest BCUT2D eigenvalue weighted by Gasteiger charge is -2.47. The maximum atomic E-state index is 6.08. The first-order valence-electron chi connectivity index (χ1n) is 15.3. The first-order chi connectivity index (χ1) is 19.6. The summed E-state index contributed by atoms with van der Waals surface area (Å²) in [5.41, 5.74) is 7.54. The van der Waals surface area contributed by atoms with Gasteiger partial charge in [0.15, 0.2) is 6.29 Å². The van der Waals surface area contributed by atoms with Gasteiger partial charge in [-0.15, -0.1) is 0 Å². The van der Waals surface area contributed by atoms with E-state index in [4.69, 9.17) is 14.2 Å². The van der Waals surface area contributed by atoms with Crippen molar-refractivity contribution < 1.29 is 14.2 Å². The van der Waals surface area contributed by atoms with E-state index in [0.717, 1.165) is 51.1 Å². The maximum Gasteiger partial charge on any atom is 0.159 e. The number of anilines is 1. The maximum absolute atomic E-state index is 6.08. The largest absolute Gasteiger partial charge is 0.494 e. The van der Waals surface area contributed by atoms with Crippen molar-refractivity contribution in [1.82, 2.24) is 0 Å². The molecule has 2 unspecified atom stereocenters. The van der Waals surface area contributed by atoms with Crippen LogP contribution in [0, 0.1) is 11.3 Å². The molecule has 40 heavy (non-hydrogen) atoms. The number of hydrogen-bond donors (Lipinski definition) is 0. The first kappa shape index (κ1) is 27.4. The van der Waals surface area contributed by atoms with Crippen LogP contribution in [0.1, 0.15) is 79.5 Å². The van der Waals surface area contributed by atoms with Crippen molar-refractivity contribution in [2.75, 3.05) is 38.8 Å². The van der Waals surface area contributed by atoms with Gasteiger partial charge in [-0.2, -0.15) is 0 Å². The summed E-state index contributed by atoms with van der Waals surface area (Å²) in [6.45, 7) is 5.28. The van der Waals surface area contributed by atoms with E-state index in [2.05, 4.69) is 84.6 Å². The second-order valence-corrected chi connectivity index (χ2v) is 12.4. The van der Waals surface area contributed by atoms with Gasteiger partial charge in [-0.1, -0.05) is 61.9 Å². The van der Waals surface area contributed by atoms with Crippen LogP contribution < -0.4 is 9.64 Å². The third-order valence-electron chi connectivity index (χ3n) is 9.87. The Labute approximate surface area is 240 Å². The summed E-state index contributed by atoms with van der Waals surface area (Å²) in [6, 6.07) is 27.5. The minimum absolute atomic E-state index is 0.0612. The average Bonchev–Trinajstić information content (AvgIpc) is 3.44. The fourth-order valence-electron chi connectivity index (χ4n) is 7.80. The number of nitrogens with zero attached hydrogens (tertiary/aromatic N) is 1. The third-order valence-corrected chi connectivity index (χ3v) is 9.87. The van der Waals surface area contributed by atoms with Gasteiger partial charge in [-0.25, -0.2) is 0 Å². The molecule has 1 saturated heterocycles. The van der Waals surface area contributed by atoms with Crippen LogP contribution in [0.15, 0.2) is 72.8 Å². The highest BCUT2D eigenvalue weighted by atomic mass is 16.7. The molecule has 2 atom stereocenters. The molecular weight excluding hydrogens is 494 g/mol. The molecule has 1 aliphatic heterocycles. The number of rotatable bonds is 10. The molecule has 3 aromatic carbocycles. The fourth-order valence-corrected chi connectivity index (χ4v) is 7.80. The molecule has 2 aliphatic carbocycles. The van der Waals surface area contributed by atoms with Gasteiger partial charge in [0.05, 0.1) is 6.61 Å². The van der Waals surface area contributed by atoms with E-state index in [9.17, 15) is 0 Å². The van der Waals surface area contributed by atoms with E-state index in [1.165, 1.54) is 47.2 Å². The number of methoxy groups -OCH3 is 2. The molecule has 1 heterocycles. The van der Waals surface area contributed by atoms with Gasteiger partial charge < -0.3 is 19.1 Å². The third kappa shape index (κ3) is 5.41. The number of aryl methyl sites for hydroxylation is 1. The minimum atomic E-state index is -0.0612. The van der Waals surface area contributed by atoms with Crippen molar-refractivity contribution in [2.45, 2.75) is 70.0 Å². The highest BCUT2D eigenvalue weighted by molar-refractivity contribution is 5.53. The lowest BCUT2D eigenvalue weighted by Crippen LogP contribution is -2.45. The van der Waals surface area contributed by atoms with E-state index in [-0.39, 0.29) is 6.29 Å². The predicted molar refractivity (Wildman–Crippen MR) is 162 cm³/mol. The second kappa shape index (κ2) is 12.0. The summed E-state index contributed by atoms with van der Waals surface area (Å²) < 4.78 is 17.2. The summed E-state index contributed by atoms with van der Waals surface area (Å²) >= 11 is 0. The molecule has 1 spiro atoms. The molecular formula is C36H45NO3. The second-order valence-electron chi connectivity index (χ2n) is 12.4. The van der Waals surface area contributed by atoms with Gasteiger partial charge >= 0.3 is 0 Å². The van der Waals surface area contributed by atoms with Crippen LogP contribution in [0.5, 0.6) is 5.75 Å². The number of benzene rings is 3. The Hall–Kier alpha value is -2.82. The summed E-state index contributed by atoms with van der Waals surface area (Å²) in [4.78, 5) is 2.60. The van der Waals surface area contributed by atoms with E-state index in [0.29, 0.717) is 23.2 Å². The van der Waals surface area contributed by atoms with Gasteiger partial charge in [0.1, 0.15) is 5.75 Å². The zero-order chi connectivity index (χ0) is 27.5. The van der Waals surface area contributed by atoms with Crippen molar-refractivity contribution in [3.8, 4) is 5.75 Å². The molecule has 1 saturated carbocycles. The van der Waals surface area contributed by atoms with Gasteiger partial charge in [0.25, 0.3) is 0 Å². The Morgan fingerprint density at radius 1 is 0.925 bits per heavy atom. The number of hydrogen-bond acceptors (Lipinski definition) is 4. The summed E-state index contributed by atoms with van der Waals surface area (Å²) in [5.74, 6) is 2.37. The molecule has 4 nitrogen and oxygen atoms in total. The Morgan fingerprint density at radius 3 is 2.42 bits per heavy atom. The Bertz CT molecular complexity index is 1250. The normalized spacial score (nSPS) is 25.7.